The molecule has 1 heterocycles. The van der Waals surface area contributed by atoms with Crippen LogP contribution in [0.15, 0.2) is 36.4 Å². The molecule has 0 saturated carbocycles. The van der Waals surface area contributed by atoms with Crippen LogP contribution in [-0.4, -0.2) is 34.1 Å². The summed E-state index contributed by atoms with van der Waals surface area (Å²) in [6, 6.07) is 8.77. The second-order valence-corrected chi connectivity index (χ2v) is 6.09. The van der Waals surface area contributed by atoms with Crippen LogP contribution in [0.3, 0.4) is 0 Å². The normalized spacial score (nSPS) is 12.9. The highest BCUT2D eigenvalue weighted by Gasteiger charge is 2.41. The van der Waals surface area contributed by atoms with Crippen LogP contribution < -0.4 is 5.32 Å². The number of nitro benzene ring substituents is 1. The molecule has 0 radical (unpaired) electrons. The summed E-state index contributed by atoms with van der Waals surface area (Å²) in [5, 5.41) is 13.9. The van der Waals surface area contributed by atoms with E-state index in [1.807, 2.05) is 6.92 Å². The number of nitro groups is 1. The number of hydrogen-bond acceptors (Lipinski definition) is 5. The van der Waals surface area contributed by atoms with Gasteiger partial charge in [-0.3, -0.25) is 29.4 Å². The Morgan fingerprint density at radius 3 is 2.62 bits per heavy atom. The van der Waals surface area contributed by atoms with Crippen LogP contribution in [0, 0.1) is 17.0 Å². The van der Waals surface area contributed by atoms with Gasteiger partial charge in [0.05, 0.1) is 21.2 Å². The van der Waals surface area contributed by atoms with Crippen LogP contribution in [0.2, 0.25) is 5.02 Å². The number of carbonyl (C=O) groups excluding carboxylic acids is 3. The minimum Gasteiger partial charge on any atom is -0.323 e. The molecule has 0 spiro atoms. The molecule has 0 atom stereocenters. The average molecular weight is 374 g/mol. The molecule has 1 aliphatic rings. The van der Waals surface area contributed by atoms with E-state index in [1.54, 1.807) is 18.2 Å². The zero-order chi connectivity index (χ0) is 19.0. The number of rotatable bonds is 4. The molecule has 132 valence electrons. The van der Waals surface area contributed by atoms with Gasteiger partial charge in [0.15, 0.2) is 0 Å². The van der Waals surface area contributed by atoms with Crippen molar-refractivity contribution in [2.45, 2.75) is 6.92 Å². The molecule has 0 aliphatic carbocycles. The number of aryl methyl sites for hydroxylation is 1. The average Bonchev–Trinajstić information content (AvgIpc) is 2.82. The fourth-order valence-electron chi connectivity index (χ4n) is 2.67. The number of hydrogen-bond donors (Lipinski definition) is 1. The number of fused-ring (bicyclic) bond motifs is 1. The highest BCUT2D eigenvalue weighted by atomic mass is 35.5. The molecule has 2 aromatic carbocycles. The summed E-state index contributed by atoms with van der Waals surface area (Å²) in [4.78, 5) is 48.0. The molecule has 26 heavy (non-hydrogen) atoms. The molecule has 0 bridgehead atoms. The quantitative estimate of drug-likeness (QED) is 0.503. The Kier molecular flexibility index (Phi) is 4.43. The molecule has 2 aromatic rings. The zero-order valence-electron chi connectivity index (χ0n) is 13.5. The maximum atomic E-state index is 12.4. The van der Waals surface area contributed by atoms with E-state index in [-0.39, 0.29) is 11.1 Å². The Bertz CT molecular complexity index is 973. The molecule has 9 heteroatoms. The van der Waals surface area contributed by atoms with E-state index < -0.39 is 34.9 Å². The van der Waals surface area contributed by atoms with Crippen LogP contribution in [-0.2, 0) is 4.79 Å². The second-order valence-electron chi connectivity index (χ2n) is 5.68. The first-order valence-electron chi connectivity index (χ1n) is 7.49. The van der Waals surface area contributed by atoms with Crippen LogP contribution >= 0.6 is 11.6 Å². The smallest absolute Gasteiger partial charge is 0.282 e. The molecule has 3 amide bonds. The molecule has 8 nitrogen and oxygen atoms in total. The Labute approximate surface area is 152 Å². The topological polar surface area (TPSA) is 110 Å². The highest BCUT2D eigenvalue weighted by Crippen LogP contribution is 2.30. The van der Waals surface area contributed by atoms with E-state index >= 15 is 0 Å². The van der Waals surface area contributed by atoms with Crippen LogP contribution in [0.4, 0.5) is 11.4 Å². The van der Waals surface area contributed by atoms with Crippen molar-refractivity contribution in [3.8, 4) is 0 Å². The van der Waals surface area contributed by atoms with Crippen molar-refractivity contribution in [3.05, 3.63) is 68.2 Å². The Morgan fingerprint density at radius 2 is 1.96 bits per heavy atom. The van der Waals surface area contributed by atoms with E-state index in [4.69, 9.17) is 11.6 Å². The van der Waals surface area contributed by atoms with E-state index in [2.05, 4.69) is 5.32 Å². The van der Waals surface area contributed by atoms with Gasteiger partial charge in [-0.05, 0) is 30.7 Å². The van der Waals surface area contributed by atoms with Crippen molar-refractivity contribution < 1.29 is 19.3 Å². The summed E-state index contributed by atoms with van der Waals surface area (Å²) in [6.07, 6.45) is 0. The lowest BCUT2D eigenvalue weighted by Crippen LogP contribution is -2.37. The maximum Gasteiger partial charge on any atom is 0.282 e. The number of anilines is 1. The second kappa shape index (κ2) is 6.57. The van der Waals surface area contributed by atoms with Gasteiger partial charge in [0.2, 0.25) is 5.91 Å². The fourth-order valence-corrected chi connectivity index (χ4v) is 2.95. The fraction of sp³-hybridized carbons (Fsp3) is 0.118. The summed E-state index contributed by atoms with van der Waals surface area (Å²) in [7, 11) is 0. The largest absolute Gasteiger partial charge is 0.323 e. The Morgan fingerprint density at radius 1 is 1.23 bits per heavy atom. The molecule has 0 unspecified atom stereocenters. The van der Waals surface area contributed by atoms with Crippen LogP contribution in [0.25, 0.3) is 0 Å². The van der Waals surface area contributed by atoms with Gasteiger partial charge in [-0.25, -0.2) is 0 Å². The van der Waals surface area contributed by atoms with Crippen molar-refractivity contribution in [2.75, 3.05) is 11.9 Å². The summed E-state index contributed by atoms with van der Waals surface area (Å²) in [6.45, 7) is 1.26. The summed E-state index contributed by atoms with van der Waals surface area (Å²) in [5.41, 5.74) is 0.380. The van der Waals surface area contributed by atoms with Gasteiger partial charge < -0.3 is 5.32 Å². The molecule has 0 aromatic heterocycles. The van der Waals surface area contributed by atoms with Crippen molar-refractivity contribution in [3.63, 3.8) is 0 Å². The predicted octanol–water partition coefficient (Wildman–Crippen LogP) is 2.79. The van der Waals surface area contributed by atoms with Gasteiger partial charge in [-0.2, -0.15) is 0 Å². The van der Waals surface area contributed by atoms with E-state index in [1.165, 1.54) is 12.1 Å². The lowest BCUT2D eigenvalue weighted by Gasteiger charge is -2.14. The number of amides is 3. The molecule has 0 saturated heterocycles. The molecule has 1 aliphatic heterocycles. The first-order chi connectivity index (χ1) is 12.3. The molecular formula is C17H12ClN3O5. The van der Waals surface area contributed by atoms with E-state index in [0.717, 1.165) is 11.6 Å². The van der Waals surface area contributed by atoms with Crippen molar-refractivity contribution in [1.29, 1.82) is 0 Å². The third kappa shape index (κ3) is 3.02. The van der Waals surface area contributed by atoms with Gasteiger partial charge in [0, 0.05) is 6.07 Å². The van der Waals surface area contributed by atoms with Crippen molar-refractivity contribution in [2.24, 2.45) is 0 Å². The first-order valence-corrected chi connectivity index (χ1v) is 7.87. The van der Waals surface area contributed by atoms with Gasteiger partial charge in [-0.15, -0.1) is 0 Å². The maximum absolute atomic E-state index is 12.4. The zero-order valence-corrected chi connectivity index (χ0v) is 14.2. The molecular weight excluding hydrogens is 362 g/mol. The van der Waals surface area contributed by atoms with Gasteiger partial charge >= 0.3 is 0 Å². The Hall–Kier alpha value is -3.26. The number of nitrogens with one attached hydrogen (secondary N) is 1. The lowest BCUT2D eigenvalue weighted by molar-refractivity contribution is -0.385. The number of halogens is 1. The first kappa shape index (κ1) is 17.6. The van der Waals surface area contributed by atoms with Gasteiger partial charge in [0.25, 0.3) is 17.5 Å². The summed E-state index contributed by atoms with van der Waals surface area (Å²) < 4.78 is 0. The number of nitrogens with zero attached hydrogens (tertiary/aromatic N) is 2. The van der Waals surface area contributed by atoms with E-state index in [0.29, 0.717) is 15.6 Å². The predicted molar refractivity (Wildman–Crippen MR) is 93.3 cm³/mol. The van der Waals surface area contributed by atoms with Crippen molar-refractivity contribution in [1.82, 2.24) is 4.90 Å². The SMILES string of the molecule is Cc1ccc(NC(=O)CN2C(=O)c3cccc([N+](=O)[O-])c3C2=O)c(Cl)c1. The Balaban J connectivity index is 1.82. The molecule has 0 fully saturated rings. The number of benzene rings is 2. The van der Waals surface area contributed by atoms with E-state index in [9.17, 15) is 24.5 Å². The molecule has 3 rings (SSSR count). The van der Waals surface area contributed by atoms with Gasteiger partial charge in [-0.1, -0.05) is 23.7 Å². The monoisotopic (exact) mass is 373 g/mol. The standard InChI is InChI=1S/C17H12ClN3O5/c1-9-5-6-12(11(18)7-9)19-14(22)8-20-16(23)10-3-2-4-13(21(25)26)15(10)17(20)24/h2-7H,8H2,1H3,(H,19,22). The third-order valence-corrected chi connectivity index (χ3v) is 4.19. The summed E-state index contributed by atoms with van der Waals surface area (Å²) in [5.74, 6) is -2.27. The number of imide groups is 1. The number of carbonyl (C=O) groups is 3. The minimum absolute atomic E-state index is 0.0923. The van der Waals surface area contributed by atoms with Gasteiger partial charge in [0.1, 0.15) is 12.1 Å². The third-order valence-electron chi connectivity index (χ3n) is 3.87. The van der Waals surface area contributed by atoms with Crippen LogP contribution in [0.1, 0.15) is 26.3 Å². The van der Waals surface area contributed by atoms with Crippen molar-refractivity contribution >= 4 is 40.7 Å². The highest BCUT2D eigenvalue weighted by molar-refractivity contribution is 6.34. The molecule has 1 N–H and O–H groups in total. The summed E-state index contributed by atoms with van der Waals surface area (Å²) >= 11 is 6.04. The lowest BCUT2D eigenvalue weighted by atomic mass is 10.1. The van der Waals surface area contributed by atoms with Crippen LogP contribution in [0.5, 0.6) is 0 Å². The minimum atomic E-state index is -0.873.